The van der Waals surface area contributed by atoms with Gasteiger partial charge in [0.15, 0.2) is 5.78 Å². The van der Waals surface area contributed by atoms with Gasteiger partial charge < -0.3 is 9.47 Å². The fraction of sp³-hybridized carbons (Fsp3) is 0.412. The number of hydrogen-bond donors (Lipinski definition) is 0. The molecule has 0 saturated heterocycles. The summed E-state index contributed by atoms with van der Waals surface area (Å²) in [6, 6.07) is 3.19. The molecular weight excluding hydrogens is 336 g/mol. The minimum atomic E-state index is -1.15. The maximum Gasteiger partial charge on any atom is 0.316 e. The van der Waals surface area contributed by atoms with Crippen molar-refractivity contribution in [1.82, 2.24) is 0 Å². The van der Waals surface area contributed by atoms with Crippen molar-refractivity contribution in [2.75, 3.05) is 14.2 Å². The molecule has 0 spiro atoms. The Hall–Kier alpha value is -2.21. The summed E-state index contributed by atoms with van der Waals surface area (Å²) in [6.45, 7) is 0. The molecule has 7 heteroatoms. The van der Waals surface area contributed by atoms with Crippen LogP contribution in [0.4, 0.5) is 0 Å². The van der Waals surface area contributed by atoms with Crippen LogP contribution in [0, 0.1) is 17.8 Å². The van der Waals surface area contributed by atoms with E-state index < -0.39 is 41.1 Å². The van der Waals surface area contributed by atoms with Gasteiger partial charge in [-0.3, -0.25) is 19.2 Å². The normalized spacial score (nSPS) is 25.8. The number of carbonyl (C=O) groups excluding carboxylic acids is 4. The van der Waals surface area contributed by atoms with E-state index in [1.54, 1.807) is 12.1 Å². The van der Waals surface area contributed by atoms with E-state index in [1.165, 1.54) is 7.11 Å². The van der Waals surface area contributed by atoms with Crippen molar-refractivity contribution in [2.45, 2.75) is 12.8 Å². The summed E-state index contributed by atoms with van der Waals surface area (Å²) >= 11 is 6.21. The van der Waals surface area contributed by atoms with Gasteiger partial charge in [0.2, 0.25) is 11.6 Å². The Kier molecular flexibility index (Phi) is 4.17. The Bertz CT molecular complexity index is 769. The molecule has 2 aliphatic carbocycles. The number of benzene rings is 1. The second kappa shape index (κ2) is 6.02. The van der Waals surface area contributed by atoms with E-state index in [0.29, 0.717) is 22.8 Å². The van der Waals surface area contributed by atoms with E-state index >= 15 is 0 Å². The van der Waals surface area contributed by atoms with E-state index in [1.807, 2.05) is 0 Å². The number of ether oxygens (including phenoxy) is 2. The van der Waals surface area contributed by atoms with Gasteiger partial charge in [0.1, 0.15) is 11.7 Å². The lowest BCUT2D eigenvalue weighted by Crippen LogP contribution is -2.50. The highest BCUT2D eigenvalue weighted by Crippen LogP contribution is 2.44. The number of halogens is 1. The first-order chi connectivity index (χ1) is 11.4. The molecule has 0 aliphatic heterocycles. The quantitative estimate of drug-likeness (QED) is 0.458. The summed E-state index contributed by atoms with van der Waals surface area (Å²) < 4.78 is 9.81. The van der Waals surface area contributed by atoms with E-state index in [-0.39, 0.29) is 12.0 Å². The minimum absolute atomic E-state index is 0.0978. The average molecular weight is 351 g/mol. The number of Topliss-reactive ketones (excluding diaryl/α,β-unsaturated/α-hetero) is 3. The van der Waals surface area contributed by atoms with Crippen LogP contribution < -0.4 is 4.74 Å². The number of ketones is 3. The first kappa shape index (κ1) is 16.6. The summed E-state index contributed by atoms with van der Waals surface area (Å²) in [5.41, 5.74) is 0.844. The number of hydrogen-bond acceptors (Lipinski definition) is 6. The number of fused-ring (bicyclic) bond motifs is 2. The van der Waals surface area contributed by atoms with Gasteiger partial charge in [-0.15, -0.1) is 0 Å². The molecule has 0 bridgehead atoms. The summed E-state index contributed by atoms with van der Waals surface area (Å²) in [6.07, 6.45) is 0.426. The number of rotatable bonds is 2. The topological polar surface area (TPSA) is 86.7 Å². The van der Waals surface area contributed by atoms with Crippen molar-refractivity contribution >= 4 is 34.9 Å². The van der Waals surface area contributed by atoms with Gasteiger partial charge in [0.05, 0.1) is 25.7 Å². The van der Waals surface area contributed by atoms with Gasteiger partial charge in [0, 0.05) is 5.02 Å². The van der Waals surface area contributed by atoms with Crippen LogP contribution in [-0.4, -0.2) is 37.5 Å². The Morgan fingerprint density at radius 1 is 1.12 bits per heavy atom. The second-order valence-electron chi connectivity index (χ2n) is 5.95. The molecule has 126 valence electrons. The summed E-state index contributed by atoms with van der Waals surface area (Å²) in [7, 11) is 2.58. The molecule has 2 aliphatic rings. The van der Waals surface area contributed by atoms with Crippen molar-refractivity contribution in [3.05, 3.63) is 28.3 Å². The lowest BCUT2D eigenvalue weighted by Gasteiger charge is -2.36. The smallest absolute Gasteiger partial charge is 0.316 e. The molecule has 0 unspecified atom stereocenters. The molecule has 0 radical (unpaired) electrons. The lowest BCUT2D eigenvalue weighted by molar-refractivity contribution is -0.157. The molecule has 0 heterocycles. The van der Waals surface area contributed by atoms with Crippen LogP contribution in [0.25, 0.3) is 0 Å². The van der Waals surface area contributed by atoms with Crippen LogP contribution in [0.3, 0.4) is 0 Å². The Morgan fingerprint density at radius 2 is 1.83 bits per heavy atom. The maximum atomic E-state index is 12.9. The molecule has 1 aromatic carbocycles. The lowest BCUT2D eigenvalue weighted by atomic mass is 9.64. The average Bonchev–Trinajstić information content (AvgIpc) is 2.58. The van der Waals surface area contributed by atoms with Gasteiger partial charge in [0.25, 0.3) is 0 Å². The van der Waals surface area contributed by atoms with Crippen molar-refractivity contribution in [3.63, 3.8) is 0 Å². The van der Waals surface area contributed by atoms with E-state index in [0.717, 1.165) is 7.11 Å². The van der Waals surface area contributed by atoms with E-state index in [9.17, 15) is 19.2 Å². The summed E-state index contributed by atoms with van der Waals surface area (Å²) in [5, 5.41) is 0.400. The molecule has 1 aromatic rings. The third-order valence-corrected chi connectivity index (χ3v) is 5.12. The number of carbonyl (C=O) groups is 4. The number of methoxy groups -OCH3 is 2. The van der Waals surface area contributed by atoms with Gasteiger partial charge in [-0.25, -0.2) is 0 Å². The van der Waals surface area contributed by atoms with Crippen LogP contribution in [-0.2, 0) is 25.5 Å². The highest BCUT2D eigenvalue weighted by atomic mass is 35.5. The first-order valence-corrected chi connectivity index (χ1v) is 7.84. The van der Waals surface area contributed by atoms with Crippen molar-refractivity contribution in [1.29, 1.82) is 0 Å². The fourth-order valence-electron chi connectivity index (χ4n) is 3.62. The molecule has 0 amide bonds. The van der Waals surface area contributed by atoms with Gasteiger partial charge in [-0.1, -0.05) is 11.6 Å². The maximum absolute atomic E-state index is 12.9. The largest absolute Gasteiger partial charge is 0.496 e. The predicted molar refractivity (Wildman–Crippen MR) is 83.2 cm³/mol. The Labute approximate surface area is 143 Å². The molecule has 0 aromatic heterocycles. The zero-order valence-electron chi connectivity index (χ0n) is 13.1. The van der Waals surface area contributed by atoms with Crippen LogP contribution in [0.1, 0.15) is 22.3 Å². The molecule has 1 fully saturated rings. The van der Waals surface area contributed by atoms with Crippen molar-refractivity contribution in [3.8, 4) is 5.75 Å². The first-order valence-electron chi connectivity index (χ1n) is 7.46. The van der Waals surface area contributed by atoms with Crippen LogP contribution in [0.2, 0.25) is 5.02 Å². The molecule has 1 saturated carbocycles. The highest BCUT2D eigenvalue weighted by molar-refractivity contribution is 6.46. The predicted octanol–water partition coefficient (Wildman–Crippen LogP) is 1.65. The van der Waals surface area contributed by atoms with E-state index in [2.05, 4.69) is 4.74 Å². The fourth-order valence-corrected chi connectivity index (χ4v) is 3.86. The molecule has 3 atom stereocenters. The Balaban J connectivity index is 2.08. The summed E-state index contributed by atoms with van der Waals surface area (Å²) in [5.74, 6) is -5.28. The van der Waals surface area contributed by atoms with Crippen LogP contribution in [0.5, 0.6) is 5.75 Å². The van der Waals surface area contributed by atoms with Crippen molar-refractivity contribution < 1.29 is 28.7 Å². The van der Waals surface area contributed by atoms with Gasteiger partial charge in [-0.05, 0) is 36.5 Å². The molecule has 6 nitrogen and oxygen atoms in total. The summed E-state index contributed by atoms with van der Waals surface area (Å²) in [4.78, 5) is 49.3. The third-order valence-electron chi connectivity index (χ3n) is 4.77. The molecule has 3 rings (SSSR count). The second-order valence-corrected chi connectivity index (χ2v) is 6.36. The highest BCUT2D eigenvalue weighted by Gasteiger charge is 2.52. The van der Waals surface area contributed by atoms with Crippen molar-refractivity contribution in [2.24, 2.45) is 17.8 Å². The van der Waals surface area contributed by atoms with Gasteiger partial charge in [-0.2, -0.15) is 0 Å². The number of esters is 1. The van der Waals surface area contributed by atoms with Gasteiger partial charge >= 0.3 is 5.97 Å². The molecular formula is C17H15ClO6. The minimum Gasteiger partial charge on any atom is -0.496 e. The third kappa shape index (κ3) is 2.33. The zero-order valence-corrected chi connectivity index (χ0v) is 13.9. The molecule has 24 heavy (non-hydrogen) atoms. The Morgan fingerprint density at radius 3 is 2.46 bits per heavy atom. The zero-order chi connectivity index (χ0) is 17.6. The van der Waals surface area contributed by atoms with E-state index in [4.69, 9.17) is 16.3 Å². The standard InChI is InChI=1S/C17H15ClO6/c1-23-11-4-3-10(18)8-5-7-6-9(17(22)24-2)14(19)16(21)12(7)15(20)13(8)11/h3-4,7,9,12H,5-6H2,1-2H3/t7-,9+,12-/m0/s1. The molecule has 0 N–H and O–H groups in total. The van der Waals surface area contributed by atoms with Crippen LogP contribution in [0.15, 0.2) is 12.1 Å². The monoisotopic (exact) mass is 350 g/mol. The SMILES string of the molecule is COC(=O)[C@@H]1C[C@@H]2Cc3c(Cl)ccc(OC)c3C(=O)[C@H]2C(=O)C1=O. The van der Waals surface area contributed by atoms with Crippen LogP contribution >= 0.6 is 11.6 Å².